The fourth-order valence-electron chi connectivity index (χ4n) is 8.46. The van der Waals surface area contributed by atoms with Crippen molar-refractivity contribution in [3.8, 4) is 0 Å². The molecule has 3 aliphatic rings. The molecule has 2 aromatic carbocycles. The van der Waals surface area contributed by atoms with Crippen LogP contribution in [0.1, 0.15) is 97.1 Å². The van der Waals surface area contributed by atoms with Gasteiger partial charge in [-0.15, -0.1) is 0 Å². The summed E-state index contributed by atoms with van der Waals surface area (Å²) in [5.74, 6) is 2.06. The van der Waals surface area contributed by atoms with Crippen LogP contribution in [-0.4, -0.2) is 29.7 Å². The van der Waals surface area contributed by atoms with Crippen LogP contribution >= 0.6 is 0 Å². The molecule has 0 spiro atoms. The molecule has 6 atom stereocenters. The molecule has 0 amide bonds. The van der Waals surface area contributed by atoms with Gasteiger partial charge in [-0.25, -0.2) is 0 Å². The summed E-state index contributed by atoms with van der Waals surface area (Å²) in [6.45, 7) is 17.7. The second kappa shape index (κ2) is 16.3. The van der Waals surface area contributed by atoms with Gasteiger partial charge in [0, 0.05) is 12.3 Å². The molecule has 48 heavy (non-hydrogen) atoms. The predicted octanol–water partition coefficient (Wildman–Crippen LogP) is 10.5. The lowest BCUT2D eigenvalue weighted by molar-refractivity contribution is -0.145. The molecular formula is C44H60O4. The molecule has 260 valence electrons. The lowest BCUT2D eigenvalue weighted by Crippen LogP contribution is -2.38. The first-order chi connectivity index (χ1) is 23.0. The molecule has 5 rings (SSSR count). The Labute approximate surface area is 291 Å². The lowest BCUT2D eigenvalue weighted by Gasteiger charge is -2.44. The Morgan fingerprint density at radius 1 is 0.896 bits per heavy atom. The van der Waals surface area contributed by atoms with E-state index in [1.165, 1.54) is 37.7 Å². The summed E-state index contributed by atoms with van der Waals surface area (Å²) in [4.78, 5) is 0. The van der Waals surface area contributed by atoms with Gasteiger partial charge in [-0.3, -0.25) is 0 Å². The van der Waals surface area contributed by atoms with Crippen LogP contribution in [0.3, 0.4) is 0 Å². The van der Waals surface area contributed by atoms with Crippen molar-refractivity contribution in [3.63, 3.8) is 0 Å². The largest absolute Gasteiger partial charge is 0.387 e. The van der Waals surface area contributed by atoms with Crippen LogP contribution < -0.4 is 0 Å². The molecule has 1 N–H and O–H groups in total. The summed E-state index contributed by atoms with van der Waals surface area (Å²) in [6.07, 6.45) is 17.9. The summed E-state index contributed by atoms with van der Waals surface area (Å²) in [7, 11) is 0. The zero-order valence-corrected chi connectivity index (χ0v) is 30.3. The Hall–Kier alpha value is -2.76. The van der Waals surface area contributed by atoms with E-state index in [0.29, 0.717) is 55.8 Å². The molecule has 0 saturated heterocycles. The first-order valence-electron chi connectivity index (χ1n) is 18.3. The Balaban J connectivity index is 1.16. The highest BCUT2D eigenvalue weighted by atomic mass is 16.7. The lowest BCUT2D eigenvalue weighted by atomic mass is 9.61. The van der Waals surface area contributed by atoms with E-state index in [9.17, 15) is 5.11 Å². The van der Waals surface area contributed by atoms with E-state index in [4.69, 9.17) is 14.2 Å². The van der Waals surface area contributed by atoms with Crippen LogP contribution in [0.4, 0.5) is 0 Å². The number of ether oxygens (including phenoxy) is 3. The zero-order chi connectivity index (χ0) is 34.2. The minimum absolute atomic E-state index is 0.268. The van der Waals surface area contributed by atoms with Gasteiger partial charge in [-0.1, -0.05) is 123 Å². The van der Waals surface area contributed by atoms with E-state index in [2.05, 4.69) is 89.8 Å². The van der Waals surface area contributed by atoms with Gasteiger partial charge >= 0.3 is 0 Å². The average molecular weight is 653 g/mol. The minimum Gasteiger partial charge on any atom is -0.387 e. The molecule has 4 heteroatoms. The Kier molecular flexibility index (Phi) is 12.4. The van der Waals surface area contributed by atoms with Crippen molar-refractivity contribution in [2.24, 2.45) is 29.1 Å². The molecule has 3 aliphatic carbocycles. The van der Waals surface area contributed by atoms with Crippen molar-refractivity contribution in [1.29, 1.82) is 0 Å². The molecular weight excluding hydrogens is 592 g/mol. The predicted molar refractivity (Wildman–Crippen MR) is 197 cm³/mol. The van der Waals surface area contributed by atoms with Gasteiger partial charge in [0.15, 0.2) is 0 Å². The molecule has 0 heterocycles. The van der Waals surface area contributed by atoms with Crippen LogP contribution in [0.15, 0.2) is 108 Å². The van der Waals surface area contributed by atoms with Crippen LogP contribution in [0.5, 0.6) is 0 Å². The van der Waals surface area contributed by atoms with E-state index >= 15 is 0 Å². The topological polar surface area (TPSA) is 47.9 Å². The molecule has 0 radical (unpaired) electrons. The standard InChI is InChI=1S/C44H60O4/c1-33-25-27-44(45,31-46-29-36-14-9-7-10-15-36)28-39(33)22-21-38-18-13-26-43(6)40(23-24-41(38)43)34(2)19-20-35(3)42(4,5)48-32-47-30-37-16-11-8-12-17-37/h7-12,14-17,19-22,34-35,40-41,45H,1,13,18,23-32H2,2-6H3/b20-19+,38-21?,39-22?/t34-,35+,40-,41?,43-,44+/m1/s1. The van der Waals surface area contributed by atoms with Gasteiger partial charge < -0.3 is 19.3 Å². The Morgan fingerprint density at radius 2 is 1.56 bits per heavy atom. The number of fused-ring (bicyclic) bond motifs is 1. The maximum absolute atomic E-state index is 11.5. The Bertz CT molecular complexity index is 1420. The summed E-state index contributed by atoms with van der Waals surface area (Å²) in [5.41, 5.74) is 5.38. The van der Waals surface area contributed by atoms with Crippen molar-refractivity contribution in [1.82, 2.24) is 0 Å². The highest BCUT2D eigenvalue weighted by Gasteiger charge is 2.50. The SMILES string of the molecule is C=C1CC[C@@](O)(COCc2ccccc2)CC1=CC=C1CCC[C@@]2(C)C1CC[C@@H]2[C@H](C)/C=C/[C@H](C)C(C)(C)OCOCc1ccccc1. The number of hydrogen-bond donors (Lipinski definition) is 1. The van der Waals surface area contributed by atoms with Crippen molar-refractivity contribution < 1.29 is 19.3 Å². The molecule has 3 fully saturated rings. The second-order valence-corrected chi connectivity index (χ2v) is 15.7. The normalized spacial score (nSPS) is 29.4. The highest BCUT2D eigenvalue weighted by molar-refractivity contribution is 5.37. The number of aliphatic hydroxyl groups is 1. The third kappa shape index (κ3) is 9.27. The molecule has 0 aliphatic heterocycles. The molecule has 0 bridgehead atoms. The minimum atomic E-state index is -0.840. The van der Waals surface area contributed by atoms with Gasteiger partial charge in [0.1, 0.15) is 6.79 Å². The smallest absolute Gasteiger partial charge is 0.147 e. The first kappa shape index (κ1) is 36.5. The number of benzene rings is 2. The van der Waals surface area contributed by atoms with Crippen molar-refractivity contribution >= 4 is 0 Å². The maximum Gasteiger partial charge on any atom is 0.147 e. The Morgan fingerprint density at radius 3 is 2.25 bits per heavy atom. The molecule has 0 aromatic heterocycles. The van der Waals surface area contributed by atoms with Gasteiger partial charge in [-0.2, -0.15) is 0 Å². The van der Waals surface area contributed by atoms with Crippen LogP contribution in [0.2, 0.25) is 0 Å². The number of rotatable bonds is 14. The fraction of sp³-hybridized carbons (Fsp3) is 0.545. The van der Waals surface area contributed by atoms with Gasteiger partial charge in [0.25, 0.3) is 0 Å². The van der Waals surface area contributed by atoms with Gasteiger partial charge in [0.2, 0.25) is 0 Å². The third-order valence-corrected chi connectivity index (χ3v) is 11.9. The summed E-state index contributed by atoms with van der Waals surface area (Å²) >= 11 is 0. The van der Waals surface area contributed by atoms with Crippen LogP contribution in [0.25, 0.3) is 0 Å². The van der Waals surface area contributed by atoms with Crippen molar-refractivity contribution in [3.05, 3.63) is 119 Å². The monoisotopic (exact) mass is 652 g/mol. The fourth-order valence-corrected chi connectivity index (χ4v) is 8.46. The first-order valence-corrected chi connectivity index (χ1v) is 18.3. The van der Waals surface area contributed by atoms with Crippen molar-refractivity contribution in [2.45, 2.75) is 110 Å². The van der Waals surface area contributed by atoms with Crippen LogP contribution in [-0.2, 0) is 27.4 Å². The zero-order valence-electron chi connectivity index (χ0n) is 30.3. The molecule has 1 unspecified atom stereocenters. The third-order valence-electron chi connectivity index (χ3n) is 11.9. The number of allylic oxidation sites excluding steroid dienone is 5. The maximum atomic E-state index is 11.5. The van der Waals surface area contributed by atoms with E-state index in [1.54, 1.807) is 5.57 Å². The quantitative estimate of drug-likeness (QED) is 0.125. The van der Waals surface area contributed by atoms with Gasteiger partial charge in [0.05, 0.1) is 31.0 Å². The van der Waals surface area contributed by atoms with Crippen molar-refractivity contribution in [2.75, 3.05) is 13.4 Å². The summed E-state index contributed by atoms with van der Waals surface area (Å²) in [6, 6.07) is 20.4. The van der Waals surface area contributed by atoms with E-state index in [0.717, 1.165) is 23.1 Å². The van der Waals surface area contributed by atoms with E-state index in [1.807, 2.05) is 36.4 Å². The second-order valence-electron chi connectivity index (χ2n) is 15.7. The van der Waals surface area contributed by atoms with Gasteiger partial charge in [-0.05, 0) is 98.7 Å². The summed E-state index contributed by atoms with van der Waals surface area (Å²) in [5, 5.41) is 11.5. The highest BCUT2D eigenvalue weighted by Crippen LogP contribution is 2.59. The van der Waals surface area contributed by atoms with E-state index < -0.39 is 5.60 Å². The summed E-state index contributed by atoms with van der Waals surface area (Å²) < 4.78 is 18.0. The number of hydrogen-bond acceptors (Lipinski definition) is 4. The molecule has 2 aromatic rings. The van der Waals surface area contributed by atoms with E-state index in [-0.39, 0.29) is 18.3 Å². The molecule has 4 nitrogen and oxygen atoms in total. The van der Waals surface area contributed by atoms with Crippen LogP contribution in [0, 0.1) is 29.1 Å². The molecule has 3 saturated carbocycles. The average Bonchev–Trinajstić information content (AvgIpc) is 3.44.